The van der Waals surface area contributed by atoms with Crippen LogP contribution in [0.15, 0.2) is 58.1 Å². The summed E-state index contributed by atoms with van der Waals surface area (Å²) in [6.07, 6.45) is -4.90. The van der Waals surface area contributed by atoms with Crippen LogP contribution in [-0.2, 0) is 25.0 Å². The predicted molar refractivity (Wildman–Crippen MR) is 123 cm³/mol. The molecule has 10 nitrogen and oxygen atoms in total. The molecule has 0 radical (unpaired) electrons. The summed E-state index contributed by atoms with van der Waals surface area (Å²) >= 11 is 5.97. The lowest BCUT2D eigenvalue weighted by Gasteiger charge is -2.12. The van der Waals surface area contributed by atoms with Gasteiger partial charge >= 0.3 is 18.1 Å². The zero-order chi connectivity index (χ0) is 26.0. The maximum absolute atomic E-state index is 13.1. The highest BCUT2D eigenvalue weighted by molar-refractivity contribution is 6.30. The molecule has 0 atom stereocenters. The van der Waals surface area contributed by atoms with Gasteiger partial charge in [0.15, 0.2) is 11.2 Å². The van der Waals surface area contributed by atoms with Gasteiger partial charge in [-0.15, -0.1) is 13.2 Å². The van der Waals surface area contributed by atoms with Gasteiger partial charge in [0.2, 0.25) is 0 Å². The van der Waals surface area contributed by atoms with E-state index in [2.05, 4.69) is 14.6 Å². The summed E-state index contributed by atoms with van der Waals surface area (Å²) in [5.41, 5.74) is -0.574. The molecule has 2 heterocycles. The molecule has 14 heteroatoms. The maximum Gasteiger partial charge on any atom is 0.573 e. The normalized spacial score (nSPS) is 11.7. The fourth-order valence-corrected chi connectivity index (χ4v) is 3.65. The minimum Gasteiger partial charge on any atom is -0.425 e. The molecule has 0 aliphatic carbocycles. The molecule has 0 aliphatic rings. The van der Waals surface area contributed by atoms with E-state index in [1.165, 1.54) is 28.3 Å². The Hall–Kier alpha value is -3.81. The third-order valence-corrected chi connectivity index (χ3v) is 5.38. The number of halogens is 4. The van der Waals surface area contributed by atoms with Crippen LogP contribution in [0.5, 0.6) is 17.5 Å². The van der Waals surface area contributed by atoms with E-state index in [9.17, 15) is 22.8 Å². The maximum atomic E-state index is 13.1. The fourth-order valence-electron chi connectivity index (χ4n) is 3.52. The van der Waals surface area contributed by atoms with Crippen molar-refractivity contribution in [3.05, 3.63) is 80.0 Å². The first-order valence-electron chi connectivity index (χ1n) is 10.4. The summed E-state index contributed by atoms with van der Waals surface area (Å²) in [7, 11) is 1.31. The lowest BCUT2D eigenvalue weighted by atomic mass is 10.2. The number of nitrogens with two attached hydrogens (primary N) is 1. The second kappa shape index (κ2) is 10.0. The van der Waals surface area contributed by atoms with Crippen molar-refractivity contribution in [3.8, 4) is 17.5 Å². The van der Waals surface area contributed by atoms with Crippen LogP contribution in [-0.4, -0.2) is 31.7 Å². The van der Waals surface area contributed by atoms with E-state index in [0.717, 1.165) is 16.7 Å². The molecule has 0 bridgehead atoms. The number of nitrogens with zero attached hydrogens (tertiary/aromatic N) is 4. The van der Waals surface area contributed by atoms with Gasteiger partial charge in [0.25, 0.3) is 5.56 Å². The van der Waals surface area contributed by atoms with Gasteiger partial charge in [0, 0.05) is 18.1 Å². The van der Waals surface area contributed by atoms with Crippen LogP contribution < -0.4 is 26.6 Å². The van der Waals surface area contributed by atoms with Gasteiger partial charge in [-0.25, -0.2) is 10.7 Å². The molecule has 4 rings (SSSR count). The summed E-state index contributed by atoms with van der Waals surface area (Å²) in [4.78, 5) is 34.8. The van der Waals surface area contributed by atoms with Crippen molar-refractivity contribution in [1.29, 1.82) is 0 Å². The van der Waals surface area contributed by atoms with Crippen LogP contribution in [0.1, 0.15) is 5.56 Å². The van der Waals surface area contributed by atoms with E-state index in [1.54, 1.807) is 24.3 Å². The smallest absolute Gasteiger partial charge is 0.425 e. The Bertz CT molecular complexity index is 1510. The molecule has 0 fully saturated rings. The van der Waals surface area contributed by atoms with Crippen LogP contribution >= 0.6 is 11.6 Å². The molecule has 0 amide bonds. The highest BCUT2D eigenvalue weighted by atomic mass is 35.5. The Balaban J connectivity index is 1.88. The van der Waals surface area contributed by atoms with Crippen molar-refractivity contribution >= 4 is 22.8 Å². The molecule has 4 aromatic rings. The van der Waals surface area contributed by atoms with Crippen LogP contribution in [0, 0.1) is 0 Å². The Kier molecular flexibility index (Phi) is 7.06. The summed E-state index contributed by atoms with van der Waals surface area (Å²) in [6, 6.07) is 11.4. The quantitative estimate of drug-likeness (QED) is 0.351. The monoisotopic (exact) mass is 525 g/mol. The highest BCUT2D eigenvalue weighted by Gasteiger charge is 2.31. The average Bonchev–Trinajstić information content (AvgIpc) is 3.15. The standard InChI is InChI=1S/C22H19ClF3N5O5/c1-29-19(32)17-18(30(21(29)33)9-10-34-27)28-20(31(17)12-13-5-7-14(23)8-6-13)35-15-3-2-4-16(11-15)36-22(24,25)26/h2-8,11H,9-10,12,27H2,1H3. The SMILES string of the molecule is Cn1c(=O)c2c(nc(Oc3cccc(OC(F)(F)F)c3)n2Cc2ccc(Cl)cc2)n(CCON)c1=O. The molecule has 2 aromatic carbocycles. The van der Waals surface area contributed by atoms with Crippen molar-refractivity contribution in [3.63, 3.8) is 0 Å². The fraction of sp³-hybridized carbons (Fsp3) is 0.227. The first-order chi connectivity index (χ1) is 17.1. The number of aromatic nitrogens is 4. The third kappa shape index (κ3) is 5.37. The number of rotatable bonds is 8. The lowest BCUT2D eigenvalue weighted by molar-refractivity contribution is -0.274. The number of hydrogen-bond donors (Lipinski definition) is 1. The summed E-state index contributed by atoms with van der Waals surface area (Å²) in [5.74, 6) is 4.56. The Morgan fingerprint density at radius 3 is 2.42 bits per heavy atom. The Labute approximate surface area is 205 Å². The van der Waals surface area contributed by atoms with Gasteiger partial charge in [-0.1, -0.05) is 29.8 Å². The topological polar surface area (TPSA) is 116 Å². The van der Waals surface area contributed by atoms with Crippen LogP contribution in [0.25, 0.3) is 11.2 Å². The van der Waals surface area contributed by atoms with Gasteiger partial charge < -0.3 is 14.3 Å². The van der Waals surface area contributed by atoms with Gasteiger partial charge in [-0.2, -0.15) is 4.98 Å². The minimum atomic E-state index is -4.90. The highest BCUT2D eigenvalue weighted by Crippen LogP contribution is 2.30. The predicted octanol–water partition coefficient (Wildman–Crippen LogP) is 3.18. The molecule has 36 heavy (non-hydrogen) atoms. The van der Waals surface area contributed by atoms with Crippen molar-refractivity contribution in [2.75, 3.05) is 6.61 Å². The van der Waals surface area contributed by atoms with E-state index in [4.69, 9.17) is 22.2 Å². The number of imidazole rings is 1. The van der Waals surface area contributed by atoms with Gasteiger partial charge in [0.05, 0.1) is 19.7 Å². The molecule has 2 N–H and O–H groups in total. The number of hydrogen-bond acceptors (Lipinski definition) is 7. The molecule has 0 unspecified atom stereocenters. The average molecular weight is 526 g/mol. The molecule has 0 saturated heterocycles. The molecule has 0 aliphatic heterocycles. The zero-order valence-electron chi connectivity index (χ0n) is 18.7. The molecule has 0 saturated carbocycles. The van der Waals surface area contributed by atoms with Crippen LogP contribution in [0.4, 0.5) is 13.2 Å². The number of benzene rings is 2. The van der Waals surface area contributed by atoms with E-state index in [1.807, 2.05) is 0 Å². The van der Waals surface area contributed by atoms with Crippen molar-refractivity contribution in [2.24, 2.45) is 12.9 Å². The van der Waals surface area contributed by atoms with Crippen molar-refractivity contribution < 1.29 is 27.5 Å². The summed E-state index contributed by atoms with van der Waals surface area (Å²) in [5, 5.41) is 0.499. The summed E-state index contributed by atoms with van der Waals surface area (Å²) in [6.45, 7) is -0.000885. The van der Waals surface area contributed by atoms with E-state index >= 15 is 0 Å². The Morgan fingerprint density at radius 2 is 1.75 bits per heavy atom. The third-order valence-electron chi connectivity index (χ3n) is 5.13. The summed E-state index contributed by atoms with van der Waals surface area (Å²) < 4.78 is 51.2. The number of fused-ring (bicyclic) bond motifs is 1. The molecule has 190 valence electrons. The number of ether oxygens (including phenoxy) is 2. The molecular weight excluding hydrogens is 507 g/mol. The van der Waals surface area contributed by atoms with Crippen LogP contribution in [0.3, 0.4) is 0 Å². The van der Waals surface area contributed by atoms with E-state index in [0.29, 0.717) is 10.6 Å². The lowest BCUT2D eigenvalue weighted by Crippen LogP contribution is -2.39. The molecular formula is C22H19ClF3N5O5. The van der Waals surface area contributed by atoms with Gasteiger partial charge in [0.1, 0.15) is 11.5 Å². The largest absolute Gasteiger partial charge is 0.573 e. The first-order valence-corrected chi connectivity index (χ1v) is 10.7. The van der Waals surface area contributed by atoms with Gasteiger partial charge in [-0.05, 0) is 29.8 Å². The Morgan fingerprint density at radius 1 is 1.06 bits per heavy atom. The van der Waals surface area contributed by atoms with Crippen molar-refractivity contribution in [2.45, 2.75) is 19.5 Å². The second-order valence-electron chi connectivity index (χ2n) is 7.57. The van der Waals surface area contributed by atoms with E-state index < -0.39 is 23.4 Å². The molecule has 2 aromatic heterocycles. The van der Waals surface area contributed by atoms with Gasteiger partial charge in [-0.3, -0.25) is 18.5 Å². The number of alkyl halides is 3. The van der Waals surface area contributed by atoms with Crippen molar-refractivity contribution in [1.82, 2.24) is 18.7 Å². The second-order valence-corrected chi connectivity index (χ2v) is 8.01. The van der Waals surface area contributed by atoms with Crippen LogP contribution in [0.2, 0.25) is 5.02 Å². The molecule has 0 spiro atoms. The first kappa shape index (κ1) is 25.3. The van der Waals surface area contributed by atoms with E-state index in [-0.39, 0.29) is 42.6 Å². The zero-order valence-corrected chi connectivity index (χ0v) is 19.4. The minimum absolute atomic E-state index is 0.00758.